The van der Waals surface area contributed by atoms with Gasteiger partial charge in [-0.2, -0.15) is 0 Å². The highest BCUT2D eigenvalue weighted by molar-refractivity contribution is 5.88. The maximum atomic E-state index is 11.3. The Morgan fingerprint density at radius 3 is 2.72 bits per heavy atom. The zero-order chi connectivity index (χ0) is 12.5. The minimum atomic E-state index is -0.852. The first-order valence-electron chi connectivity index (χ1n) is 6.25. The fourth-order valence-electron chi connectivity index (χ4n) is 2.77. The lowest BCUT2D eigenvalue weighted by Crippen LogP contribution is -2.03. The highest BCUT2D eigenvalue weighted by Gasteiger charge is 2.24. The monoisotopic (exact) mass is 241 g/mol. The SMILES string of the molecule is O=C(O)c1[nH]c2c(c1Cc1ccccc1)CCC2. The summed E-state index contributed by atoms with van der Waals surface area (Å²) >= 11 is 0. The maximum Gasteiger partial charge on any atom is 0.352 e. The van der Waals surface area contributed by atoms with Gasteiger partial charge in [-0.1, -0.05) is 30.3 Å². The van der Waals surface area contributed by atoms with Crippen LogP contribution >= 0.6 is 0 Å². The normalized spacial score (nSPS) is 13.6. The maximum absolute atomic E-state index is 11.3. The van der Waals surface area contributed by atoms with Crippen LogP contribution in [-0.4, -0.2) is 16.1 Å². The van der Waals surface area contributed by atoms with E-state index in [2.05, 4.69) is 4.98 Å². The number of carbonyl (C=O) groups is 1. The molecule has 2 N–H and O–H groups in total. The molecular formula is C15H15NO2. The molecule has 0 radical (unpaired) electrons. The lowest BCUT2D eigenvalue weighted by molar-refractivity contribution is 0.0690. The Morgan fingerprint density at radius 2 is 2.00 bits per heavy atom. The zero-order valence-corrected chi connectivity index (χ0v) is 10.1. The van der Waals surface area contributed by atoms with E-state index in [1.807, 2.05) is 30.3 Å². The van der Waals surface area contributed by atoms with Crippen LogP contribution in [0, 0.1) is 0 Å². The van der Waals surface area contributed by atoms with Crippen LogP contribution in [0.4, 0.5) is 0 Å². The van der Waals surface area contributed by atoms with E-state index in [4.69, 9.17) is 0 Å². The summed E-state index contributed by atoms with van der Waals surface area (Å²) in [5.74, 6) is -0.852. The molecule has 0 atom stereocenters. The Morgan fingerprint density at radius 1 is 1.22 bits per heavy atom. The molecule has 0 saturated heterocycles. The van der Waals surface area contributed by atoms with Gasteiger partial charge in [0.05, 0.1) is 0 Å². The number of aryl methyl sites for hydroxylation is 1. The third-order valence-corrected chi connectivity index (χ3v) is 3.60. The average Bonchev–Trinajstić information content (AvgIpc) is 2.93. The highest BCUT2D eigenvalue weighted by atomic mass is 16.4. The second kappa shape index (κ2) is 4.33. The van der Waals surface area contributed by atoms with Crippen LogP contribution < -0.4 is 0 Å². The van der Waals surface area contributed by atoms with Gasteiger partial charge in [-0.25, -0.2) is 4.79 Å². The molecule has 0 spiro atoms. The van der Waals surface area contributed by atoms with Crippen LogP contribution in [0.25, 0.3) is 0 Å². The number of rotatable bonds is 3. The molecule has 0 amide bonds. The van der Waals surface area contributed by atoms with Crippen molar-refractivity contribution in [2.75, 3.05) is 0 Å². The summed E-state index contributed by atoms with van der Waals surface area (Å²) in [7, 11) is 0. The number of H-pyrrole nitrogens is 1. The van der Waals surface area contributed by atoms with Crippen LogP contribution in [-0.2, 0) is 19.3 Å². The van der Waals surface area contributed by atoms with E-state index in [0.717, 1.165) is 36.1 Å². The summed E-state index contributed by atoms with van der Waals surface area (Å²) in [5, 5.41) is 9.27. The molecule has 1 aromatic heterocycles. The minimum absolute atomic E-state index is 0.378. The van der Waals surface area contributed by atoms with Crippen molar-refractivity contribution in [3.05, 3.63) is 58.4 Å². The summed E-state index contributed by atoms with van der Waals surface area (Å²) < 4.78 is 0. The van der Waals surface area contributed by atoms with Gasteiger partial charge in [-0.05, 0) is 36.0 Å². The Bertz CT molecular complexity index is 584. The van der Waals surface area contributed by atoms with Crippen molar-refractivity contribution in [1.29, 1.82) is 0 Å². The second-order valence-electron chi connectivity index (χ2n) is 4.76. The van der Waals surface area contributed by atoms with Crippen molar-refractivity contribution in [1.82, 2.24) is 4.98 Å². The third kappa shape index (κ3) is 1.82. The number of hydrogen-bond acceptors (Lipinski definition) is 1. The molecule has 92 valence electrons. The molecule has 3 rings (SSSR count). The topological polar surface area (TPSA) is 53.1 Å². The number of carboxylic acid groups (broad SMARTS) is 1. The quantitative estimate of drug-likeness (QED) is 0.868. The lowest BCUT2D eigenvalue weighted by atomic mass is 10.00. The Labute approximate surface area is 105 Å². The average molecular weight is 241 g/mol. The van der Waals surface area contributed by atoms with Crippen molar-refractivity contribution in [3.8, 4) is 0 Å². The Kier molecular flexibility index (Phi) is 2.67. The van der Waals surface area contributed by atoms with E-state index < -0.39 is 5.97 Å². The van der Waals surface area contributed by atoms with Gasteiger partial charge in [0.15, 0.2) is 0 Å². The number of aromatic carboxylic acids is 1. The molecule has 0 saturated carbocycles. The fraction of sp³-hybridized carbons (Fsp3) is 0.267. The number of carboxylic acids is 1. The van der Waals surface area contributed by atoms with Crippen LogP contribution in [0.2, 0.25) is 0 Å². The number of hydrogen-bond donors (Lipinski definition) is 2. The molecule has 0 unspecified atom stereocenters. The molecule has 3 nitrogen and oxygen atoms in total. The van der Waals surface area contributed by atoms with Gasteiger partial charge < -0.3 is 10.1 Å². The van der Waals surface area contributed by atoms with Gasteiger partial charge in [0, 0.05) is 12.1 Å². The summed E-state index contributed by atoms with van der Waals surface area (Å²) in [6.45, 7) is 0. The molecule has 1 aliphatic rings. The minimum Gasteiger partial charge on any atom is -0.477 e. The largest absolute Gasteiger partial charge is 0.477 e. The number of aromatic amines is 1. The van der Waals surface area contributed by atoms with Crippen LogP contribution in [0.3, 0.4) is 0 Å². The summed E-state index contributed by atoms with van der Waals surface area (Å²) in [6, 6.07) is 10.0. The Balaban J connectivity index is 2.02. The lowest BCUT2D eigenvalue weighted by Gasteiger charge is -2.04. The first-order chi connectivity index (χ1) is 8.75. The highest BCUT2D eigenvalue weighted by Crippen LogP contribution is 2.29. The molecule has 2 aromatic rings. The Hall–Kier alpha value is -2.03. The van der Waals surface area contributed by atoms with Crippen LogP contribution in [0.1, 0.15) is 39.3 Å². The predicted octanol–water partition coefficient (Wildman–Crippen LogP) is 2.79. The van der Waals surface area contributed by atoms with Crippen molar-refractivity contribution < 1.29 is 9.90 Å². The van der Waals surface area contributed by atoms with Crippen molar-refractivity contribution in [2.24, 2.45) is 0 Å². The molecule has 1 aromatic carbocycles. The number of benzene rings is 1. The van der Waals surface area contributed by atoms with E-state index in [1.165, 1.54) is 5.56 Å². The number of nitrogens with one attached hydrogen (secondary N) is 1. The van der Waals surface area contributed by atoms with Gasteiger partial charge >= 0.3 is 5.97 Å². The molecule has 0 bridgehead atoms. The summed E-state index contributed by atoms with van der Waals surface area (Å²) in [4.78, 5) is 14.4. The van der Waals surface area contributed by atoms with Crippen molar-refractivity contribution >= 4 is 5.97 Å². The van der Waals surface area contributed by atoms with E-state index in [9.17, 15) is 9.90 Å². The number of fused-ring (bicyclic) bond motifs is 1. The van der Waals surface area contributed by atoms with Crippen LogP contribution in [0.15, 0.2) is 30.3 Å². The van der Waals surface area contributed by atoms with Gasteiger partial charge in [-0.3, -0.25) is 0 Å². The van der Waals surface area contributed by atoms with Gasteiger partial charge in [-0.15, -0.1) is 0 Å². The van der Waals surface area contributed by atoms with E-state index in [-0.39, 0.29) is 0 Å². The molecule has 3 heteroatoms. The third-order valence-electron chi connectivity index (χ3n) is 3.60. The van der Waals surface area contributed by atoms with E-state index in [1.54, 1.807) is 0 Å². The molecule has 18 heavy (non-hydrogen) atoms. The molecular weight excluding hydrogens is 226 g/mol. The molecule has 1 heterocycles. The first-order valence-corrected chi connectivity index (χ1v) is 6.25. The molecule has 0 aliphatic heterocycles. The fourth-order valence-corrected chi connectivity index (χ4v) is 2.77. The summed E-state index contributed by atoms with van der Waals surface area (Å²) in [5.41, 5.74) is 4.87. The number of aromatic nitrogens is 1. The van der Waals surface area contributed by atoms with Gasteiger partial charge in [0.25, 0.3) is 0 Å². The van der Waals surface area contributed by atoms with Crippen molar-refractivity contribution in [3.63, 3.8) is 0 Å². The standard InChI is InChI=1S/C15H15NO2/c17-15(18)14-12(9-10-5-2-1-3-6-10)11-7-4-8-13(11)16-14/h1-3,5-6,16H,4,7-9H2,(H,17,18). The predicted molar refractivity (Wildman–Crippen MR) is 69.0 cm³/mol. The zero-order valence-electron chi connectivity index (χ0n) is 10.1. The van der Waals surface area contributed by atoms with E-state index >= 15 is 0 Å². The van der Waals surface area contributed by atoms with Crippen molar-refractivity contribution in [2.45, 2.75) is 25.7 Å². The van der Waals surface area contributed by atoms with Crippen LogP contribution in [0.5, 0.6) is 0 Å². The smallest absolute Gasteiger partial charge is 0.352 e. The summed E-state index contributed by atoms with van der Waals surface area (Å²) in [6.07, 6.45) is 3.81. The van der Waals surface area contributed by atoms with Gasteiger partial charge in [0.1, 0.15) is 5.69 Å². The van der Waals surface area contributed by atoms with Gasteiger partial charge in [0.2, 0.25) is 0 Å². The molecule has 1 aliphatic carbocycles. The van der Waals surface area contributed by atoms with E-state index in [0.29, 0.717) is 12.1 Å². The first kappa shape index (κ1) is 11.1. The molecule has 0 fully saturated rings. The second-order valence-corrected chi connectivity index (χ2v) is 4.76.